The van der Waals surface area contributed by atoms with Gasteiger partial charge in [-0.15, -0.1) is 0 Å². The summed E-state index contributed by atoms with van der Waals surface area (Å²) in [5.74, 6) is -5.19. The summed E-state index contributed by atoms with van der Waals surface area (Å²) in [6.07, 6.45) is -1.35. The predicted octanol–water partition coefficient (Wildman–Crippen LogP) is 0.793. The summed E-state index contributed by atoms with van der Waals surface area (Å²) in [7, 11) is 0. The van der Waals surface area contributed by atoms with Gasteiger partial charge in [0, 0.05) is 36.5 Å². The van der Waals surface area contributed by atoms with Crippen molar-refractivity contribution in [3.8, 4) is 0 Å². The van der Waals surface area contributed by atoms with Crippen LogP contribution in [0, 0.1) is 23.7 Å². The molecular weight excluding hydrogens is 368 g/mol. The molecule has 2 aliphatic carbocycles. The fourth-order valence-corrected chi connectivity index (χ4v) is 5.63. The van der Waals surface area contributed by atoms with E-state index in [1.165, 1.54) is 6.92 Å². The summed E-state index contributed by atoms with van der Waals surface area (Å²) in [5.41, 5.74) is -4.66. The lowest BCUT2D eigenvalue weighted by Gasteiger charge is -2.62. The number of carbonyl (C=O) groups is 3. The van der Waals surface area contributed by atoms with Gasteiger partial charge in [-0.25, -0.2) is 9.59 Å². The number of ketones is 1. The number of allylic oxidation sites excluding steroid dienone is 1. The highest BCUT2D eigenvalue weighted by Crippen LogP contribution is 2.59. The van der Waals surface area contributed by atoms with Crippen molar-refractivity contribution < 1.29 is 39.2 Å². The van der Waals surface area contributed by atoms with Crippen molar-refractivity contribution in [1.82, 2.24) is 0 Å². The Balaban J connectivity index is 1.92. The maximum atomic E-state index is 12.9. The van der Waals surface area contributed by atoms with Gasteiger partial charge < -0.3 is 24.8 Å². The van der Waals surface area contributed by atoms with E-state index in [-0.39, 0.29) is 36.5 Å². The van der Waals surface area contributed by atoms with Gasteiger partial charge in [-0.3, -0.25) is 4.79 Å². The van der Waals surface area contributed by atoms with E-state index in [1.807, 2.05) is 0 Å². The molecule has 1 spiro atoms. The Labute approximate surface area is 162 Å². The molecule has 0 aromatic rings. The quantitative estimate of drug-likeness (QED) is 0.514. The highest BCUT2D eigenvalue weighted by molar-refractivity contribution is 5.98. The first-order valence-electron chi connectivity index (χ1n) is 9.68. The second-order valence-corrected chi connectivity index (χ2v) is 9.34. The summed E-state index contributed by atoms with van der Waals surface area (Å²) >= 11 is 0. The lowest BCUT2D eigenvalue weighted by Crippen LogP contribution is -2.77. The Morgan fingerprint density at radius 3 is 2.36 bits per heavy atom. The number of fused-ring (bicyclic) bond motifs is 3. The maximum Gasteiger partial charge on any atom is 0.351 e. The van der Waals surface area contributed by atoms with E-state index < -0.39 is 58.4 Å². The first-order chi connectivity index (χ1) is 12.8. The highest BCUT2D eigenvalue weighted by atomic mass is 16.6. The second-order valence-electron chi connectivity index (χ2n) is 9.34. The number of carbonyl (C=O) groups excluding carboxylic acids is 3. The zero-order chi connectivity index (χ0) is 20.8. The first-order valence-corrected chi connectivity index (χ1v) is 9.68. The van der Waals surface area contributed by atoms with Crippen molar-refractivity contribution in [1.29, 1.82) is 0 Å². The number of aliphatic hydroxyl groups excluding tert-OH is 2. The zero-order valence-electron chi connectivity index (χ0n) is 16.4. The molecule has 4 fully saturated rings. The molecule has 3 N–H and O–H groups in total. The number of Topliss-reactive ketones (excluding diaryl/α,β-unsaturated/α-hetero) is 1. The van der Waals surface area contributed by atoms with Crippen LogP contribution in [0.25, 0.3) is 0 Å². The van der Waals surface area contributed by atoms with Crippen LogP contribution in [0.5, 0.6) is 0 Å². The molecule has 154 valence electrons. The van der Waals surface area contributed by atoms with Gasteiger partial charge in [0.15, 0.2) is 5.78 Å². The predicted molar refractivity (Wildman–Crippen MR) is 93.8 cm³/mol. The second kappa shape index (κ2) is 5.57. The lowest BCUT2D eigenvalue weighted by molar-refractivity contribution is -0.296. The molecule has 3 aliphatic heterocycles. The van der Waals surface area contributed by atoms with Crippen molar-refractivity contribution >= 4 is 17.7 Å². The van der Waals surface area contributed by atoms with Crippen LogP contribution in [0.4, 0.5) is 0 Å². The number of rotatable bonds is 0. The standard InChI is InChI=1S/C20H26O8/c1-8-6-18(3,26)11(21)5-10-12(14(8)22)16(24)27-20-7-9(2)19(4,28-17(20)25)15(23)13(10)20/h8-10,13,15,22-23,26H,5-7H2,1-4H3/t8-,9-,10+,13-,15-,18-,19-,20-/m0/s1. The molecule has 3 saturated heterocycles. The number of esters is 2. The van der Waals surface area contributed by atoms with E-state index in [2.05, 4.69) is 0 Å². The summed E-state index contributed by atoms with van der Waals surface area (Å²) in [6, 6.07) is 0. The van der Waals surface area contributed by atoms with Gasteiger partial charge in [-0.2, -0.15) is 0 Å². The number of aliphatic hydroxyl groups is 3. The number of hydrogen-bond donors (Lipinski definition) is 3. The molecular formula is C20H26O8. The molecule has 0 radical (unpaired) electrons. The van der Waals surface area contributed by atoms with E-state index in [0.717, 1.165) is 0 Å². The van der Waals surface area contributed by atoms with Crippen LogP contribution in [0.3, 0.4) is 0 Å². The van der Waals surface area contributed by atoms with E-state index in [4.69, 9.17) is 9.47 Å². The molecule has 28 heavy (non-hydrogen) atoms. The Bertz CT molecular complexity index is 813. The molecule has 8 atom stereocenters. The third-order valence-electron chi connectivity index (χ3n) is 7.46. The Morgan fingerprint density at radius 1 is 1.07 bits per heavy atom. The van der Waals surface area contributed by atoms with E-state index in [0.29, 0.717) is 0 Å². The molecule has 2 bridgehead atoms. The van der Waals surface area contributed by atoms with E-state index in [9.17, 15) is 29.7 Å². The SMILES string of the molecule is C[C@H]1C[C@](C)(O)C(=O)C[C@@H]2C(=C1O)C(=O)O[C@]13C[C@H](C)[C@](C)(OC1=O)[C@@H](O)[C@H]23. The maximum absolute atomic E-state index is 12.9. The van der Waals surface area contributed by atoms with Gasteiger partial charge in [0.25, 0.3) is 0 Å². The van der Waals surface area contributed by atoms with E-state index >= 15 is 0 Å². The van der Waals surface area contributed by atoms with Crippen LogP contribution in [0.1, 0.15) is 47.0 Å². The monoisotopic (exact) mass is 394 g/mol. The Kier molecular flexibility index (Phi) is 3.86. The Morgan fingerprint density at radius 2 is 1.71 bits per heavy atom. The third kappa shape index (κ3) is 2.21. The van der Waals surface area contributed by atoms with Gasteiger partial charge >= 0.3 is 11.9 Å². The van der Waals surface area contributed by atoms with E-state index in [1.54, 1.807) is 20.8 Å². The smallest absolute Gasteiger partial charge is 0.351 e. The fourth-order valence-electron chi connectivity index (χ4n) is 5.63. The molecule has 5 aliphatic rings. The van der Waals surface area contributed by atoms with Crippen molar-refractivity contribution in [3.63, 3.8) is 0 Å². The van der Waals surface area contributed by atoms with Gasteiger partial charge in [0.2, 0.25) is 5.60 Å². The Hall–Kier alpha value is -1.93. The summed E-state index contributed by atoms with van der Waals surface area (Å²) in [6.45, 7) is 6.42. The molecule has 8 heteroatoms. The van der Waals surface area contributed by atoms with Gasteiger partial charge in [0.1, 0.15) is 23.1 Å². The van der Waals surface area contributed by atoms with Crippen LogP contribution in [-0.2, 0) is 23.9 Å². The van der Waals surface area contributed by atoms with Gasteiger partial charge in [-0.1, -0.05) is 13.8 Å². The first kappa shape index (κ1) is 19.4. The molecule has 5 rings (SSSR count). The van der Waals surface area contributed by atoms with Gasteiger partial charge in [0.05, 0.1) is 5.57 Å². The summed E-state index contributed by atoms with van der Waals surface area (Å²) < 4.78 is 11.0. The summed E-state index contributed by atoms with van der Waals surface area (Å²) in [4.78, 5) is 38.5. The van der Waals surface area contributed by atoms with Crippen LogP contribution in [0.2, 0.25) is 0 Å². The molecule has 1 saturated carbocycles. The minimum absolute atomic E-state index is 0.0453. The summed E-state index contributed by atoms with van der Waals surface area (Å²) in [5, 5.41) is 32.5. The lowest BCUT2D eigenvalue weighted by atomic mass is 9.53. The largest absolute Gasteiger partial charge is 0.511 e. The highest BCUT2D eigenvalue weighted by Gasteiger charge is 2.74. The third-order valence-corrected chi connectivity index (χ3v) is 7.46. The normalized spacial score (nSPS) is 50.9. The van der Waals surface area contributed by atoms with Crippen molar-refractivity contribution in [3.05, 3.63) is 11.3 Å². The molecule has 3 heterocycles. The average Bonchev–Trinajstić information content (AvgIpc) is 2.57. The number of hydrogen-bond acceptors (Lipinski definition) is 8. The van der Waals surface area contributed by atoms with Crippen LogP contribution in [-0.4, -0.2) is 55.9 Å². The van der Waals surface area contributed by atoms with Crippen LogP contribution >= 0.6 is 0 Å². The minimum atomic E-state index is -1.70. The number of ether oxygens (including phenoxy) is 2. The minimum Gasteiger partial charge on any atom is -0.511 e. The molecule has 0 aromatic carbocycles. The van der Waals surface area contributed by atoms with Crippen molar-refractivity contribution in [2.75, 3.05) is 0 Å². The average molecular weight is 394 g/mol. The fraction of sp³-hybridized carbons (Fsp3) is 0.750. The molecule has 0 amide bonds. The zero-order valence-corrected chi connectivity index (χ0v) is 16.4. The molecule has 0 aromatic heterocycles. The molecule has 0 unspecified atom stereocenters. The topological polar surface area (TPSA) is 130 Å². The molecule has 8 nitrogen and oxygen atoms in total. The van der Waals surface area contributed by atoms with Crippen molar-refractivity contribution in [2.45, 2.75) is 69.9 Å². The van der Waals surface area contributed by atoms with Gasteiger partial charge in [-0.05, 0) is 20.3 Å². The van der Waals surface area contributed by atoms with Crippen LogP contribution < -0.4 is 0 Å². The van der Waals surface area contributed by atoms with Crippen LogP contribution in [0.15, 0.2) is 11.3 Å². The van der Waals surface area contributed by atoms with Crippen molar-refractivity contribution in [2.24, 2.45) is 23.7 Å².